The monoisotopic (exact) mass is 365 g/mol. The van der Waals surface area contributed by atoms with Gasteiger partial charge in [0.2, 0.25) is 0 Å². The molecule has 0 saturated carbocycles. The molecule has 1 saturated heterocycles. The summed E-state index contributed by atoms with van der Waals surface area (Å²) in [6.45, 7) is 0.929. The Morgan fingerprint density at radius 2 is 2.15 bits per heavy atom. The third kappa shape index (κ3) is 2.48. The van der Waals surface area contributed by atoms with Crippen LogP contribution in [0.3, 0.4) is 0 Å². The van der Waals surface area contributed by atoms with Crippen molar-refractivity contribution in [3.8, 4) is 0 Å². The number of aromatic nitrogens is 4. The molecular weight excluding hydrogens is 346 g/mol. The minimum atomic E-state index is -0.302. The van der Waals surface area contributed by atoms with Crippen LogP contribution < -0.4 is 5.56 Å². The smallest absolute Gasteiger partial charge is 0.272 e. The number of carbonyl (C=O) groups excluding carboxylic acids is 1. The second kappa shape index (κ2) is 6.02. The molecule has 8 nitrogen and oxygen atoms in total. The lowest BCUT2D eigenvalue weighted by atomic mass is 9.78. The second-order valence-electron chi connectivity index (χ2n) is 7.32. The van der Waals surface area contributed by atoms with Crippen molar-refractivity contribution < 1.29 is 9.90 Å². The van der Waals surface area contributed by atoms with Crippen LogP contribution in [0.2, 0.25) is 0 Å². The first-order valence-corrected chi connectivity index (χ1v) is 9.07. The van der Waals surface area contributed by atoms with Crippen LogP contribution in [0.5, 0.6) is 0 Å². The number of hydrogen-bond acceptors (Lipinski definition) is 5. The van der Waals surface area contributed by atoms with Crippen LogP contribution in [0.15, 0.2) is 41.3 Å². The van der Waals surface area contributed by atoms with Gasteiger partial charge in [-0.15, -0.1) is 0 Å². The van der Waals surface area contributed by atoms with Crippen molar-refractivity contribution in [2.45, 2.75) is 18.4 Å². The molecule has 0 spiro atoms. The molecule has 5 rings (SSSR count). The van der Waals surface area contributed by atoms with E-state index in [9.17, 15) is 14.7 Å². The zero-order valence-corrected chi connectivity index (χ0v) is 14.6. The standard InChI is InChI=1S/C19H19N5O3/c25-10-16-13-6-12(15-2-1-3-17(26)24(15)16)8-23(9-13)19(27)14-5-4-11-7-20-22-18(11)21-14/h1-5,7,12-13,16,25H,6,8-10H2,(H,20,21,22)/t12-,13+,16+/m1/s1. The molecule has 1 fully saturated rings. The van der Waals surface area contributed by atoms with E-state index in [4.69, 9.17) is 0 Å². The van der Waals surface area contributed by atoms with Gasteiger partial charge in [-0.1, -0.05) is 6.07 Å². The average Bonchev–Trinajstić information content (AvgIpc) is 3.16. The maximum atomic E-state index is 13.1. The molecule has 1 amide bonds. The van der Waals surface area contributed by atoms with Gasteiger partial charge in [-0.3, -0.25) is 14.7 Å². The molecule has 5 heterocycles. The molecule has 2 bridgehead atoms. The summed E-state index contributed by atoms with van der Waals surface area (Å²) in [5, 5.41) is 17.5. The Morgan fingerprint density at radius 3 is 3.00 bits per heavy atom. The van der Waals surface area contributed by atoms with Crippen LogP contribution in [0, 0.1) is 5.92 Å². The molecule has 0 aliphatic carbocycles. The van der Waals surface area contributed by atoms with E-state index >= 15 is 0 Å². The second-order valence-corrected chi connectivity index (χ2v) is 7.32. The van der Waals surface area contributed by atoms with E-state index in [1.54, 1.807) is 27.8 Å². The van der Waals surface area contributed by atoms with E-state index in [0.29, 0.717) is 24.4 Å². The number of amides is 1. The predicted molar refractivity (Wildman–Crippen MR) is 97.5 cm³/mol. The average molecular weight is 365 g/mol. The van der Waals surface area contributed by atoms with Gasteiger partial charge in [0.15, 0.2) is 5.65 Å². The van der Waals surface area contributed by atoms with E-state index in [1.165, 1.54) is 6.07 Å². The third-order valence-corrected chi connectivity index (χ3v) is 5.79. The number of likely N-dealkylation sites (tertiary alicyclic amines) is 1. The first-order valence-electron chi connectivity index (χ1n) is 9.07. The first-order chi connectivity index (χ1) is 13.2. The summed E-state index contributed by atoms with van der Waals surface area (Å²) < 4.78 is 1.72. The highest BCUT2D eigenvalue weighted by molar-refractivity contribution is 5.94. The van der Waals surface area contributed by atoms with Crippen molar-refractivity contribution >= 4 is 16.9 Å². The summed E-state index contributed by atoms with van der Waals surface area (Å²) in [5.74, 6) is -0.00825. The van der Waals surface area contributed by atoms with Crippen LogP contribution in [0.4, 0.5) is 0 Å². The number of aliphatic hydroxyl groups is 1. The van der Waals surface area contributed by atoms with Gasteiger partial charge in [0.05, 0.1) is 18.8 Å². The molecular formula is C19H19N5O3. The molecule has 3 aromatic heterocycles. The fourth-order valence-electron chi connectivity index (χ4n) is 4.55. The lowest BCUT2D eigenvalue weighted by Crippen LogP contribution is -2.52. The minimum Gasteiger partial charge on any atom is -0.394 e. The molecule has 3 aromatic rings. The normalized spacial score (nSPS) is 24.0. The van der Waals surface area contributed by atoms with Crippen LogP contribution in [0.25, 0.3) is 11.0 Å². The Balaban J connectivity index is 1.50. The predicted octanol–water partition coefficient (Wildman–Crippen LogP) is 0.913. The van der Waals surface area contributed by atoms with E-state index in [2.05, 4.69) is 15.2 Å². The Labute approximate surface area is 154 Å². The molecule has 0 unspecified atom stereocenters. The topological polar surface area (TPSA) is 104 Å². The molecule has 2 aliphatic rings. The summed E-state index contributed by atoms with van der Waals surface area (Å²) in [6, 6.07) is 8.44. The molecule has 0 radical (unpaired) electrons. The van der Waals surface area contributed by atoms with Crippen molar-refractivity contribution in [3.05, 3.63) is 58.3 Å². The van der Waals surface area contributed by atoms with Gasteiger partial charge in [0, 0.05) is 42.1 Å². The van der Waals surface area contributed by atoms with Crippen LogP contribution in [-0.4, -0.2) is 55.4 Å². The minimum absolute atomic E-state index is 0.0428. The maximum absolute atomic E-state index is 13.1. The van der Waals surface area contributed by atoms with Gasteiger partial charge in [0.1, 0.15) is 5.69 Å². The summed E-state index contributed by atoms with van der Waals surface area (Å²) in [6.07, 6.45) is 2.54. The van der Waals surface area contributed by atoms with Crippen molar-refractivity contribution in [2.75, 3.05) is 19.7 Å². The molecule has 138 valence electrons. The molecule has 8 heteroatoms. The summed E-state index contributed by atoms with van der Waals surface area (Å²) >= 11 is 0. The lowest BCUT2D eigenvalue weighted by molar-refractivity contribution is 0.0433. The molecule has 27 heavy (non-hydrogen) atoms. The summed E-state index contributed by atoms with van der Waals surface area (Å²) in [4.78, 5) is 31.6. The Hall–Kier alpha value is -3.00. The number of piperidine rings is 1. The number of rotatable bonds is 2. The van der Waals surface area contributed by atoms with Crippen LogP contribution >= 0.6 is 0 Å². The van der Waals surface area contributed by atoms with Crippen LogP contribution in [-0.2, 0) is 0 Å². The van der Waals surface area contributed by atoms with Gasteiger partial charge < -0.3 is 14.6 Å². The van der Waals surface area contributed by atoms with Gasteiger partial charge in [-0.05, 0) is 24.6 Å². The van der Waals surface area contributed by atoms with Gasteiger partial charge >= 0.3 is 0 Å². The molecule has 2 aliphatic heterocycles. The third-order valence-electron chi connectivity index (χ3n) is 5.79. The molecule has 2 N–H and O–H groups in total. The highest BCUT2D eigenvalue weighted by atomic mass is 16.3. The van der Waals surface area contributed by atoms with E-state index < -0.39 is 0 Å². The van der Waals surface area contributed by atoms with E-state index in [0.717, 1.165) is 17.5 Å². The van der Waals surface area contributed by atoms with Crippen LogP contribution in [0.1, 0.15) is 34.6 Å². The maximum Gasteiger partial charge on any atom is 0.272 e. The zero-order chi connectivity index (χ0) is 18.5. The number of nitrogens with zero attached hydrogens (tertiary/aromatic N) is 4. The number of H-pyrrole nitrogens is 1. The van der Waals surface area contributed by atoms with E-state index in [1.807, 2.05) is 12.1 Å². The van der Waals surface area contributed by atoms with Gasteiger partial charge in [-0.2, -0.15) is 5.10 Å². The lowest BCUT2D eigenvalue weighted by Gasteiger charge is -2.46. The van der Waals surface area contributed by atoms with Crippen molar-refractivity contribution in [1.82, 2.24) is 24.6 Å². The number of hydrogen-bond donors (Lipinski definition) is 2. The number of nitrogens with one attached hydrogen (secondary N) is 1. The molecule has 3 atom stereocenters. The highest BCUT2D eigenvalue weighted by Gasteiger charge is 2.41. The Morgan fingerprint density at radius 1 is 1.26 bits per heavy atom. The number of carbonyl (C=O) groups is 1. The first kappa shape index (κ1) is 16.2. The van der Waals surface area contributed by atoms with Gasteiger partial charge in [0.25, 0.3) is 11.5 Å². The quantitative estimate of drug-likeness (QED) is 0.703. The van der Waals surface area contributed by atoms with Crippen molar-refractivity contribution in [1.29, 1.82) is 0 Å². The number of aromatic amines is 1. The number of pyridine rings is 2. The fraction of sp³-hybridized carbons (Fsp3) is 0.368. The van der Waals surface area contributed by atoms with E-state index in [-0.39, 0.29) is 36.0 Å². The number of fused-ring (bicyclic) bond motifs is 5. The highest BCUT2D eigenvalue weighted by Crippen LogP contribution is 2.41. The van der Waals surface area contributed by atoms with Crippen molar-refractivity contribution in [2.24, 2.45) is 5.92 Å². The summed E-state index contributed by atoms with van der Waals surface area (Å²) in [7, 11) is 0. The number of aliphatic hydroxyl groups excluding tert-OH is 1. The zero-order valence-electron chi connectivity index (χ0n) is 14.6. The van der Waals surface area contributed by atoms with Crippen molar-refractivity contribution in [3.63, 3.8) is 0 Å². The Bertz CT molecular complexity index is 1090. The summed E-state index contributed by atoms with van der Waals surface area (Å²) in [5.41, 5.74) is 1.76. The Kier molecular flexibility index (Phi) is 3.61. The molecule has 0 aromatic carbocycles. The SMILES string of the molecule is O=C(c1ccc2cn[nH]c2n1)N1C[C@H]2C[C@@H](C1)[C@H](CO)n1c2cccc1=O. The largest absolute Gasteiger partial charge is 0.394 e. The fourth-order valence-corrected chi connectivity index (χ4v) is 4.55. The van der Waals surface area contributed by atoms with Gasteiger partial charge in [-0.25, -0.2) is 4.98 Å².